The van der Waals surface area contributed by atoms with E-state index in [2.05, 4.69) is 5.32 Å². The molecule has 6 nitrogen and oxygen atoms in total. The Hall–Kier alpha value is -3.35. The molecule has 0 saturated carbocycles. The molecule has 0 aromatic heterocycles. The van der Waals surface area contributed by atoms with Crippen LogP contribution in [-0.2, 0) is 20.7 Å². The average molecular weight is 399 g/mol. The normalized spacial score (nSPS) is 13.0. The third kappa shape index (κ3) is 6.34. The van der Waals surface area contributed by atoms with Gasteiger partial charge in [0.25, 0.3) is 5.91 Å². The van der Waals surface area contributed by atoms with Crippen LogP contribution in [0.4, 0.5) is 4.39 Å². The maximum atomic E-state index is 13.5. The third-order valence-electron chi connectivity index (χ3n) is 4.20. The predicted octanol–water partition coefficient (Wildman–Crippen LogP) is 2.90. The summed E-state index contributed by atoms with van der Waals surface area (Å²) in [6.07, 6.45) is 3.99. The number of amides is 1. The van der Waals surface area contributed by atoms with Crippen molar-refractivity contribution in [3.8, 4) is 11.5 Å². The summed E-state index contributed by atoms with van der Waals surface area (Å²) in [4.78, 5) is 23.6. The van der Waals surface area contributed by atoms with Crippen LogP contribution in [0.2, 0.25) is 0 Å². The number of rotatable bonds is 7. The highest BCUT2D eigenvalue weighted by Gasteiger charge is 2.10. The van der Waals surface area contributed by atoms with Crippen molar-refractivity contribution in [1.29, 1.82) is 0 Å². The molecule has 0 spiro atoms. The van der Waals surface area contributed by atoms with Crippen LogP contribution in [0.15, 0.2) is 48.5 Å². The Balaban J connectivity index is 1.40. The fourth-order valence-electron chi connectivity index (χ4n) is 2.72. The number of carbonyl (C=O) groups is 2. The molecule has 0 atom stereocenters. The molecule has 0 aliphatic carbocycles. The second-order valence-corrected chi connectivity index (χ2v) is 6.39. The van der Waals surface area contributed by atoms with Crippen LogP contribution < -0.4 is 14.8 Å². The molecule has 1 N–H and O–H groups in total. The van der Waals surface area contributed by atoms with E-state index in [4.69, 9.17) is 14.2 Å². The summed E-state index contributed by atoms with van der Waals surface area (Å²) in [5.41, 5.74) is 1.27. The molecule has 3 rings (SSSR count). The smallest absolute Gasteiger partial charge is 0.331 e. The van der Waals surface area contributed by atoms with Crippen molar-refractivity contribution in [2.45, 2.75) is 12.8 Å². The predicted molar refractivity (Wildman–Crippen MR) is 105 cm³/mol. The van der Waals surface area contributed by atoms with E-state index in [1.54, 1.807) is 42.5 Å². The van der Waals surface area contributed by atoms with Gasteiger partial charge >= 0.3 is 5.97 Å². The van der Waals surface area contributed by atoms with Gasteiger partial charge in [-0.25, -0.2) is 9.18 Å². The number of nitrogens with one attached hydrogen (secondary N) is 1. The monoisotopic (exact) mass is 399 g/mol. The highest BCUT2D eigenvalue weighted by Crippen LogP contribution is 2.30. The molecular formula is C22H22FNO5. The average Bonchev–Trinajstić information content (AvgIpc) is 2.97. The van der Waals surface area contributed by atoms with Gasteiger partial charge in [0.15, 0.2) is 18.1 Å². The van der Waals surface area contributed by atoms with E-state index >= 15 is 0 Å². The van der Waals surface area contributed by atoms with Crippen LogP contribution in [0.25, 0.3) is 6.08 Å². The Bertz CT molecular complexity index is 897. The molecule has 7 heteroatoms. The molecular weight excluding hydrogens is 377 g/mol. The Morgan fingerprint density at radius 1 is 1.10 bits per heavy atom. The van der Waals surface area contributed by atoms with Gasteiger partial charge in [0.2, 0.25) is 0 Å². The van der Waals surface area contributed by atoms with Gasteiger partial charge in [0.1, 0.15) is 5.82 Å². The lowest BCUT2D eigenvalue weighted by atomic mass is 10.1. The van der Waals surface area contributed by atoms with Crippen LogP contribution in [-0.4, -0.2) is 38.2 Å². The van der Waals surface area contributed by atoms with Crippen molar-refractivity contribution in [2.24, 2.45) is 0 Å². The lowest BCUT2D eigenvalue weighted by molar-refractivity contribution is -0.143. The van der Waals surface area contributed by atoms with E-state index in [1.807, 2.05) is 0 Å². The van der Waals surface area contributed by atoms with Gasteiger partial charge in [0.05, 0.1) is 13.2 Å². The molecule has 0 bridgehead atoms. The van der Waals surface area contributed by atoms with E-state index in [0.717, 1.165) is 12.0 Å². The minimum atomic E-state index is -0.638. The zero-order chi connectivity index (χ0) is 20.5. The van der Waals surface area contributed by atoms with Crippen molar-refractivity contribution in [3.05, 3.63) is 65.5 Å². The Morgan fingerprint density at radius 3 is 2.72 bits per heavy atom. The van der Waals surface area contributed by atoms with Crippen LogP contribution in [0, 0.1) is 5.82 Å². The first-order chi connectivity index (χ1) is 14.1. The summed E-state index contributed by atoms with van der Waals surface area (Å²) in [6.45, 7) is 1.04. The Morgan fingerprint density at radius 2 is 1.90 bits per heavy atom. The van der Waals surface area contributed by atoms with Crippen LogP contribution in [0.1, 0.15) is 17.5 Å². The van der Waals surface area contributed by atoms with Gasteiger partial charge in [0, 0.05) is 19.0 Å². The topological polar surface area (TPSA) is 73.9 Å². The fraction of sp³-hybridized carbons (Fsp3) is 0.273. The number of ether oxygens (including phenoxy) is 3. The molecule has 0 radical (unpaired) electrons. The van der Waals surface area contributed by atoms with Crippen molar-refractivity contribution >= 4 is 18.0 Å². The van der Waals surface area contributed by atoms with Crippen LogP contribution >= 0.6 is 0 Å². The number of hydrogen-bond acceptors (Lipinski definition) is 5. The molecule has 0 saturated heterocycles. The van der Waals surface area contributed by atoms with Gasteiger partial charge in [-0.2, -0.15) is 0 Å². The molecule has 1 aliphatic rings. The highest BCUT2D eigenvalue weighted by molar-refractivity contribution is 5.89. The lowest BCUT2D eigenvalue weighted by Crippen LogP contribution is -2.30. The van der Waals surface area contributed by atoms with Crippen molar-refractivity contribution in [1.82, 2.24) is 5.32 Å². The first-order valence-corrected chi connectivity index (χ1v) is 9.36. The fourth-order valence-corrected chi connectivity index (χ4v) is 2.72. The maximum absolute atomic E-state index is 13.5. The summed E-state index contributed by atoms with van der Waals surface area (Å²) >= 11 is 0. The molecule has 1 heterocycles. The molecule has 0 fully saturated rings. The largest absolute Gasteiger partial charge is 0.490 e. The summed E-state index contributed by atoms with van der Waals surface area (Å²) < 4.78 is 29.6. The van der Waals surface area contributed by atoms with E-state index in [0.29, 0.717) is 36.7 Å². The van der Waals surface area contributed by atoms with Gasteiger partial charge in [-0.1, -0.05) is 24.3 Å². The van der Waals surface area contributed by atoms with Crippen molar-refractivity contribution < 1.29 is 28.2 Å². The van der Waals surface area contributed by atoms with Gasteiger partial charge < -0.3 is 19.5 Å². The molecule has 29 heavy (non-hydrogen) atoms. The quantitative estimate of drug-likeness (QED) is 0.573. The number of carbonyl (C=O) groups excluding carboxylic acids is 2. The summed E-state index contributed by atoms with van der Waals surface area (Å²) in [5.74, 6) is -0.0883. The maximum Gasteiger partial charge on any atom is 0.331 e. The van der Waals surface area contributed by atoms with Crippen molar-refractivity contribution in [3.63, 3.8) is 0 Å². The van der Waals surface area contributed by atoms with Crippen molar-refractivity contribution in [2.75, 3.05) is 26.4 Å². The zero-order valence-corrected chi connectivity index (χ0v) is 15.9. The van der Waals surface area contributed by atoms with E-state index in [-0.39, 0.29) is 12.4 Å². The first kappa shape index (κ1) is 20.4. The summed E-state index contributed by atoms with van der Waals surface area (Å²) in [6, 6.07) is 11.7. The Kier molecular flexibility index (Phi) is 7.22. The second kappa shape index (κ2) is 10.3. The molecule has 0 unspecified atom stereocenters. The van der Waals surface area contributed by atoms with Crippen LogP contribution in [0.5, 0.6) is 11.5 Å². The standard InChI is InChI=1S/C22H22FNO5/c23-18-5-2-1-4-17(18)10-11-24-21(25)15-29-22(26)9-7-16-6-8-19-20(14-16)28-13-3-12-27-19/h1-2,4-9,14H,3,10-13,15H2,(H,24,25)/b9-7+. The number of halogens is 1. The molecule has 2 aromatic carbocycles. The lowest BCUT2D eigenvalue weighted by Gasteiger charge is -2.07. The van der Waals surface area contributed by atoms with Gasteiger partial charge in [-0.3, -0.25) is 4.79 Å². The van der Waals surface area contributed by atoms with E-state index in [9.17, 15) is 14.0 Å². The number of fused-ring (bicyclic) bond motifs is 1. The van der Waals surface area contributed by atoms with Crippen LogP contribution in [0.3, 0.4) is 0 Å². The minimum absolute atomic E-state index is 0.254. The highest BCUT2D eigenvalue weighted by atomic mass is 19.1. The SMILES string of the molecule is O=C(COC(=O)/C=C/c1ccc2c(c1)OCCCO2)NCCc1ccccc1F. The summed E-state index contributed by atoms with van der Waals surface area (Å²) in [7, 11) is 0. The molecule has 1 amide bonds. The van der Waals surface area contributed by atoms with Gasteiger partial charge in [-0.15, -0.1) is 0 Å². The molecule has 1 aliphatic heterocycles. The second-order valence-electron chi connectivity index (χ2n) is 6.39. The molecule has 2 aromatic rings. The first-order valence-electron chi connectivity index (χ1n) is 9.36. The van der Waals surface area contributed by atoms with Gasteiger partial charge in [-0.05, 0) is 41.8 Å². The van der Waals surface area contributed by atoms with E-state index in [1.165, 1.54) is 12.1 Å². The number of hydrogen-bond donors (Lipinski definition) is 1. The minimum Gasteiger partial charge on any atom is -0.490 e. The third-order valence-corrected chi connectivity index (χ3v) is 4.20. The summed E-state index contributed by atoms with van der Waals surface area (Å²) in [5, 5.41) is 2.59. The van der Waals surface area contributed by atoms with E-state index < -0.39 is 18.5 Å². The zero-order valence-electron chi connectivity index (χ0n) is 15.9. The molecule has 152 valence electrons. The number of benzene rings is 2. The Labute approximate surface area is 168 Å². The number of esters is 1.